The summed E-state index contributed by atoms with van der Waals surface area (Å²) in [5.74, 6) is 0.515. The van der Waals surface area contributed by atoms with E-state index in [1.807, 2.05) is 9.80 Å². The Balaban J connectivity index is 1.92. The molecule has 0 spiro atoms. The third-order valence-corrected chi connectivity index (χ3v) is 5.85. The molecule has 5 nitrogen and oxygen atoms in total. The number of piperazine rings is 1. The van der Waals surface area contributed by atoms with Crippen molar-refractivity contribution in [1.29, 1.82) is 0 Å². The second-order valence-corrected chi connectivity index (χ2v) is 8.12. The van der Waals surface area contributed by atoms with Gasteiger partial charge in [0, 0.05) is 39.1 Å². The Bertz CT molecular complexity index is 630. The second-order valence-electron chi connectivity index (χ2n) is 8.12. The topological polar surface area (TPSA) is 43.9 Å². The highest BCUT2D eigenvalue weighted by Gasteiger charge is 2.31. The Morgan fingerprint density at radius 3 is 2.00 bits per heavy atom. The Hall–Kier alpha value is -1.88. The molecule has 5 heteroatoms. The molecular formula is C23H37N3O2. The van der Waals surface area contributed by atoms with Gasteiger partial charge in [-0.2, -0.15) is 0 Å². The fourth-order valence-electron chi connectivity index (χ4n) is 3.91. The van der Waals surface area contributed by atoms with Crippen LogP contribution >= 0.6 is 0 Å². The predicted octanol–water partition coefficient (Wildman–Crippen LogP) is 3.14. The number of hydrogen-bond donors (Lipinski definition) is 0. The number of nitrogens with zero attached hydrogens (tertiary/aromatic N) is 3. The van der Waals surface area contributed by atoms with Gasteiger partial charge in [-0.25, -0.2) is 0 Å². The van der Waals surface area contributed by atoms with Crippen molar-refractivity contribution < 1.29 is 9.59 Å². The summed E-state index contributed by atoms with van der Waals surface area (Å²) < 4.78 is 0. The van der Waals surface area contributed by atoms with Crippen LogP contribution in [0.3, 0.4) is 0 Å². The smallest absolute Gasteiger partial charge is 0.230 e. The molecule has 0 aromatic heterocycles. The minimum Gasteiger partial charge on any atom is -0.339 e. The van der Waals surface area contributed by atoms with Crippen LogP contribution in [-0.4, -0.2) is 72.3 Å². The molecule has 1 unspecified atom stereocenters. The van der Waals surface area contributed by atoms with E-state index >= 15 is 0 Å². The van der Waals surface area contributed by atoms with Crippen LogP contribution in [0, 0.1) is 12.8 Å². The lowest BCUT2D eigenvalue weighted by Gasteiger charge is -2.37. The van der Waals surface area contributed by atoms with Gasteiger partial charge >= 0.3 is 0 Å². The number of aryl methyl sites for hydroxylation is 1. The summed E-state index contributed by atoms with van der Waals surface area (Å²) in [7, 11) is 0. The van der Waals surface area contributed by atoms with Crippen LogP contribution in [0.2, 0.25) is 0 Å². The zero-order valence-electron chi connectivity index (χ0n) is 18.3. The summed E-state index contributed by atoms with van der Waals surface area (Å²) in [6.07, 6.45) is 0.563. The number of hydrogen-bond acceptors (Lipinski definition) is 3. The van der Waals surface area contributed by atoms with Crippen molar-refractivity contribution in [2.75, 3.05) is 45.8 Å². The van der Waals surface area contributed by atoms with Gasteiger partial charge in [0.25, 0.3) is 0 Å². The molecule has 28 heavy (non-hydrogen) atoms. The van der Waals surface area contributed by atoms with Crippen LogP contribution in [0.15, 0.2) is 24.3 Å². The summed E-state index contributed by atoms with van der Waals surface area (Å²) in [5, 5.41) is 0. The first kappa shape index (κ1) is 22.4. The van der Waals surface area contributed by atoms with Crippen LogP contribution in [-0.2, 0) is 9.59 Å². The molecule has 0 aliphatic carbocycles. The van der Waals surface area contributed by atoms with Gasteiger partial charge in [-0.15, -0.1) is 0 Å². The summed E-state index contributed by atoms with van der Waals surface area (Å²) in [5.41, 5.74) is 2.29. The van der Waals surface area contributed by atoms with E-state index in [4.69, 9.17) is 0 Å². The summed E-state index contributed by atoms with van der Waals surface area (Å²) in [4.78, 5) is 31.8. The van der Waals surface area contributed by atoms with E-state index in [0.29, 0.717) is 32.6 Å². The van der Waals surface area contributed by atoms with Crippen molar-refractivity contribution in [2.45, 2.75) is 47.0 Å². The molecule has 2 rings (SSSR count). The van der Waals surface area contributed by atoms with E-state index in [-0.39, 0.29) is 23.7 Å². The molecule has 1 heterocycles. The van der Waals surface area contributed by atoms with Crippen LogP contribution in [0.25, 0.3) is 0 Å². The van der Waals surface area contributed by atoms with Crippen molar-refractivity contribution in [3.05, 3.63) is 35.4 Å². The minimum absolute atomic E-state index is 0.120. The quantitative estimate of drug-likeness (QED) is 0.688. The normalized spacial score (nSPS) is 16.0. The van der Waals surface area contributed by atoms with Crippen LogP contribution in [0.4, 0.5) is 0 Å². The fourth-order valence-corrected chi connectivity index (χ4v) is 3.91. The lowest BCUT2D eigenvalue weighted by Crippen LogP contribution is -2.52. The van der Waals surface area contributed by atoms with Crippen molar-refractivity contribution in [3.8, 4) is 0 Å². The molecular weight excluding hydrogens is 350 g/mol. The molecule has 1 fully saturated rings. The molecule has 0 radical (unpaired) electrons. The minimum atomic E-state index is -0.120. The maximum Gasteiger partial charge on any atom is 0.230 e. The Labute approximate surface area is 170 Å². The van der Waals surface area contributed by atoms with Crippen molar-refractivity contribution in [1.82, 2.24) is 14.7 Å². The first-order valence-electron chi connectivity index (χ1n) is 10.7. The van der Waals surface area contributed by atoms with E-state index in [1.165, 1.54) is 5.56 Å². The lowest BCUT2D eigenvalue weighted by molar-refractivity contribution is -0.141. The number of benzene rings is 1. The van der Waals surface area contributed by atoms with Crippen LogP contribution in [0.5, 0.6) is 0 Å². The van der Waals surface area contributed by atoms with Gasteiger partial charge in [0.15, 0.2) is 0 Å². The Morgan fingerprint density at radius 1 is 0.964 bits per heavy atom. The molecule has 1 aliphatic heterocycles. The molecule has 0 saturated carbocycles. The summed E-state index contributed by atoms with van der Waals surface area (Å²) in [6, 6.07) is 8.30. The maximum absolute atomic E-state index is 13.2. The second kappa shape index (κ2) is 10.6. The van der Waals surface area contributed by atoms with E-state index in [0.717, 1.165) is 25.2 Å². The van der Waals surface area contributed by atoms with Crippen LogP contribution in [0.1, 0.15) is 51.2 Å². The lowest BCUT2D eigenvalue weighted by atomic mass is 9.86. The molecule has 1 aromatic carbocycles. The molecule has 0 N–H and O–H groups in total. The average Bonchev–Trinajstić information content (AvgIpc) is 2.70. The fraction of sp³-hybridized carbons (Fsp3) is 0.652. The van der Waals surface area contributed by atoms with E-state index in [2.05, 4.69) is 63.8 Å². The van der Waals surface area contributed by atoms with Crippen LogP contribution < -0.4 is 0 Å². The first-order valence-corrected chi connectivity index (χ1v) is 10.7. The molecule has 1 saturated heterocycles. The summed E-state index contributed by atoms with van der Waals surface area (Å²) in [6.45, 7) is 15.8. The zero-order chi connectivity index (χ0) is 20.7. The van der Waals surface area contributed by atoms with Gasteiger partial charge in [0.05, 0.1) is 5.92 Å². The molecule has 1 atom stereocenters. The highest BCUT2D eigenvalue weighted by Crippen LogP contribution is 2.27. The van der Waals surface area contributed by atoms with Crippen molar-refractivity contribution in [2.24, 2.45) is 5.92 Å². The van der Waals surface area contributed by atoms with E-state index in [1.54, 1.807) is 0 Å². The number of carbonyl (C=O) groups is 2. The SMILES string of the molecule is CCN(CC)CCC(=O)N1CCN(C(=O)C(c2ccc(C)cc2)C(C)C)CC1. The molecule has 2 amide bonds. The molecule has 156 valence electrons. The van der Waals surface area contributed by atoms with Gasteiger partial charge < -0.3 is 14.7 Å². The summed E-state index contributed by atoms with van der Waals surface area (Å²) >= 11 is 0. The van der Waals surface area contributed by atoms with Gasteiger partial charge in [0.2, 0.25) is 11.8 Å². The average molecular weight is 388 g/mol. The van der Waals surface area contributed by atoms with Gasteiger partial charge in [-0.3, -0.25) is 9.59 Å². The number of carbonyl (C=O) groups excluding carboxylic acids is 2. The Morgan fingerprint density at radius 2 is 1.50 bits per heavy atom. The highest BCUT2D eigenvalue weighted by atomic mass is 16.2. The largest absolute Gasteiger partial charge is 0.339 e. The molecule has 0 bridgehead atoms. The maximum atomic E-state index is 13.2. The molecule has 1 aliphatic rings. The van der Waals surface area contributed by atoms with Gasteiger partial charge in [-0.05, 0) is 31.5 Å². The van der Waals surface area contributed by atoms with Gasteiger partial charge in [-0.1, -0.05) is 57.5 Å². The molecule has 1 aromatic rings. The predicted molar refractivity (Wildman–Crippen MR) is 114 cm³/mol. The van der Waals surface area contributed by atoms with E-state index < -0.39 is 0 Å². The van der Waals surface area contributed by atoms with Crippen molar-refractivity contribution in [3.63, 3.8) is 0 Å². The Kier molecular flexibility index (Phi) is 8.49. The monoisotopic (exact) mass is 387 g/mol. The number of rotatable bonds is 8. The zero-order valence-corrected chi connectivity index (χ0v) is 18.3. The number of amides is 2. The third-order valence-electron chi connectivity index (χ3n) is 5.85. The standard InChI is InChI=1S/C23H37N3O2/c1-6-24(7-2)13-12-21(27)25-14-16-26(17-15-25)23(28)22(18(3)4)20-10-8-19(5)9-11-20/h8-11,18,22H,6-7,12-17H2,1-5H3. The van der Waals surface area contributed by atoms with Gasteiger partial charge in [0.1, 0.15) is 0 Å². The first-order chi connectivity index (χ1) is 13.4. The highest BCUT2D eigenvalue weighted by molar-refractivity contribution is 5.84. The third kappa shape index (κ3) is 5.81. The van der Waals surface area contributed by atoms with Crippen molar-refractivity contribution >= 4 is 11.8 Å². The van der Waals surface area contributed by atoms with E-state index in [9.17, 15) is 9.59 Å².